The minimum absolute atomic E-state index is 0.249. The maximum atomic E-state index is 8.96. The molecule has 1 rings (SSSR count). The molecule has 2 N–H and O–H groups in total. The third-order valence-electron chi connectivity index (χ3n) is 2.74. The Hall–Kier alpha value is -0.0300. The molecular formula is C13H20BrNOS. The molecule has 0 radical (unpaired) electrons. The van der Waals surface area contributed by atoms with Crippen LogP contribution in [0.4, 0.5) is 0 Å². The van der Waals surface area contributed by atoms with Gasteiger partial charge in [0.2, 0.25) is 0 Å². The van der Waals surface area contributed by atoms with Crippen LogP contribution in [-0.4, -0.2) is 24.0 Å². The van der Waals surface area contributed by atoms with Crippen molar-refractivity contribution >= 4 is 27.7 Å². The highest BCUT2D eigenvalue weighted by Crippen LogP contribution is 2.33. The van der Waals surface area contributed by atoms with Gasteiger partial charge in [-0.15, -0.1) is 11.8 Å². The zero-order valence-electron chi connectivity index (χ0n) is 10.5. The van der Waals surface area contributed by atoms with E-state index in [1.165, 1.54) is 10.5 Å². The fraction of sp³-hybridized carbons (Fsp3) is 0.538. The third kappa shape index (κ3) is 4.62. The number of halogens is 1. The van der Waals surface area contributed by atoms with Gasteiger partial charge in [0, 0.05) is 27.3 Å². The number of aliphatic hydroxyl groups excluding tert-OH is 1. The first-order chi connectivity index (χ1) is 8.08. The molecule has 1 aromatic carbocycles. The number of rotatable bonds is 6. The molecule has 4 heteroatoms. The summed E-state index contributed by atoms with van der Waals surface area (Å²) in [5, 5.41) is 12.7. The quantitative estimate of drug-likeness (QED) is 0.786. The molecule has 0 fully saturated rings. The molecule has 0 amide bonds. The van der Waals surface area contributed by atoms with Crippen molar-refractivity contribution in [3.05, 3.63) is 28.2 Å². The van der Waals surface area contributed by atoms with E-state index in [9.17, 15) is 0 Å². The van der Waals surface area contributed by atoms with Gasteiger partial charge in [0.1, 0.15) is 0 Å². The van der Waals surface area contributed by atoms with E-state index >= 15 is 0 Å². The topological polar surface area (TPSA) is 32.3 Å². The van der Waals surface area contributed by atoms with Crippen LogP contribution in [0, 0.1) is 0 Å². The maximum Gasteiger partial charge on any atom is 0.0441 e. The van der Waals surface area contributed by atoms with Gasteiger partial charge in [-0.05, 0) is 38.1 Å². The van der Waals surface area contributed by atoms with Crippen LogP contribution < -0.4 is 5.32 Å². The second kappa shape index (κ2) is 7.41. The van der Waals surface area contributed by atoms with Crippen LogP contribution in [0.5, 0.6) is 0 Å². The highest BCUT2D eigenvalue weighted by atomic mass is 79.9. The zero-order chi connectivity index (χ0) is 12.8. The molecular weight excluding hydrogens is 298 g/mol. The molecule has 1 aromatic rings. The molecule has 0 bridgehead atoms. The zero-order valence-corrected chi connectivity index (χ0v) is 12.9. The summed E-state index contributed by atoms with van der Waals surface area (Å²) < 4.78 is 1.10. The van der Waals surface area contributed by atoms with Crippen molar-refractivity contribution in [3.63, 3.8) is 0 Å². The number of aliphatic hydroxyl groups is 1. The van der Waals surface area contributed by atoms with Crippen molar-refractivity contribution in [3.8, 4) is 0 Å². The van der Waals surface area contributed by atoms with E-state index in [1.54, 1.807) is 0 Å². The number of benzene rings is 1. The summed E-state index contributed by atoms with van der Waals surface area (Å²) in [7, 11) is 1.97. The predicted octanol–water partition coefficient (Wildman–Crippen LogP) is 3.59. The SMILES string of the molecule is CNC(C)c1ccc(Br)cc1SC(C)CCO. The minimum Gasteiger partial charge on any atom is -0.396 e. The van der Waals surface area contributed by atoms with Gasteiger partial charge >= 0.3 is 0 Å². The standard InChI is InChI=1S/C13H20BrNOS/c1-9(6-7-16)17-13-8-11(14)4-5-12(13)10(2)15-3/h4-5,8-10,15-16H,6-7H2,1-3H3. The lowest BCUT2D eigenvalue weighted by Crippen LogP contribution is -2.13. The molecule has 0 aliphatic carbocycles. The number of hydrogen-bond acceptors (Lipinski definition) is 3. The van der Waals surface area contributed by atoms with Crippen molar-refractivity contribution in [2.24, 2.45) is 0 Å². The molecule has 0 saturated heterocycles. The van der Waals surface area contributed by atoms with Crippen LogP contribution in [0.2, 0.25) is 0 Å². The van der Waals surface area contributed by atoms with Crippen LogP contribution in [0.3, 0.4) is 0 Å². The fourth-order valence-corrected chi connectivity index (χ4v) is 3.33. The Morgan fingerprint density at radius 3 is 2.71 bits per heavy atom. The van der Waals surface area contributed by atoms with Gasteiger partial charge < -0.3 is 10.4 Å². The molecule has 2 nitrogen and oxygen atoms in total. The van der Waals surface area contributed by atoms with Gasteiger partial charge in [-0.25, -0.2) is 0 Å². The van der Waals surface area contributed by atoms with E-state index in [0.717, 1.165) is 10.9 Å². The van der Waals surface area contributed by atoms with Gasteiger partial charge in [-0.3, -0.25) is 0 Å². The molecule has 0 aliphatic heterocycles. The number of thioether (sulfide) groups is 1. The Kier molecular flexibility index (Phi) is 6.55. The van der Waals surface area contributed by atoms with Gasteiger partial charge in [-0.1, -0.05) is 28.9 Å². The Labute approximate surface area is 116 Å². The summed E-state index contributed by atoms with van der Waals surface area (Å²) >= 11 is 5.34. The first-order valence-electron chi connectivity index (χ1n) is 5.82. The van der Waals surface area contributed by atoms with Gasteiger partial charge in [0.15, 0.2) is 0 Å². The van der Waals surface area contributed by atoms with E-state index in [-0.39, 0.29) is 6.61 Å². The van der Waals surface area contributed by atoms with Crippen molar-refractivity contribution in [2.45, 2.75) is 36.5 Å². The smallest absolute Gasteiger partial charge is 0.0441 e. The molecule has 0 spiro atoms. The summed E-state index contributed by atoms with van der Waals surface area (Å²) in [5.74, 6) is 0. The summed E-state index contributed by atoms with van der Waals surface area (Å²) in [5.41, 5.74) is 1.31. The molecule has 0 heterocycles. The van der Waals surface area contributed by atoms with E-state index in [2.05, 4.69) is 53.3 Å². The number of nitrogens with one attached hydrogen (secondary N) is 1. The van der Waals surface area contributed by atoms with E-state index in [4.69, 9.17) is 5.11 Å². The lowest BCUT2D eigenvalue weighted by atomic mass is 10.1. The molecule has 0 aliphatic rings. The third-order valence-corrected chi connectivity index (χ3v) is 4.48. The van der Waals surface area contributed by atoms with E-state index in [0.29, 0.717) is 11.3 Å². The maximum absolute atomic E-state index is 8.96. The van der Waals surface area contributed by atoms with Crippen molar-refractivity contribution in [2.75, 3.05) is 13.7 Å². The Morgan fingerprint density at radius 2 is 2.12 bits per heavy atom. The highest BCUT2D eigenvalue weighted by Gasteiger charge is 2.12. The van der Waals surface area contributed by atoms with Crippen LogP contribution >= 0.6 is 27.7 Å². The van der Waals surface area contributed by atoms with Crippen molar-refractivity contribution in [1.82, 2.24) is 5.32 Å². The summed E-state index contributed by atoms with van der Waals surface area (Å²) in [6.45, 7) is 4.55. The minimum atomic E-state index is 0.249. The van der Waals surface area contributed by atoms with Gasteiger partial charge in [-0.2, -0.15) is 0 Å². The molecule has 2 unspecified atom stereocenters. The summed E-state index contributed by atoms with van der Waals surface area (Å²) in [4.78, 5) is 1.28. The fourth-order valence-electron chi connectivity index (χ4n) is 1.58. The summed E-state index contributed by atoms with van der Waals surface area (Å²) in [6, 6.07) is 6.72. The second-order valence-electron chi connectivity index (χ2n) is 4.13. The van der Waals surface area contributed by atoms with Crippen LogP contribution in [-0.2, 0) is 0 Å². The Morgan fingerprint density at radius 1 is 1.41 bits per heavy atom. The predicted molar refractivity (Wildman–Crippen MR) is 78.6 cm³/mol. The highest BCUT2D eigenvalue weighted by molar-refractivity contribution is 9.10. The van der Waals surface area contributed by atoms with E-state index < -0.39 is 0 Å². The van der Waals surface area contributed by atoms with Crippen molar-refractivity contribution < 1.29 is 5.11 Å². The Bertz CT molecular complexity index is 359. The lowest BCUT2D eigenvalue weighted by Gasteiger charge is -2.18. The largest absolute Gasteiger partial charge is 0.396 e. The normalized spacial score (nSPS) is 14.6. The monoisotopic (exact) mass is 317 g/mol. The average molecular weight is 318 g/mol. The van der Waals surface area contributed by atoms with Crippen LogP contribution in [0.15, 0.2) is 27.6 Å². The average Bonchev–Trinajstić information content (AvgIpc) is 2.28. The molecule has 17 heavy (non-hydrogen) atoms. The number of hydrogen-bond donors (Lipinski definition) is 2. The molecule has 0 saturated carbocycles. The van der Waals surface area contributed by atoms with Crippen LogP contribution in [0.1, 0.15) is 31.9 Å². The Balaban J connectivity index is 2.90. The lowest BCUT2D eigenvalue weighted by molar-refractivity contribution is 0.289. The van der Waals surface area contributed by atoms with Crippen LogP contribution in [0.25, 0.3) is 0 Å². The first kappa shape index (κ1) is 15.0. The van der Waals surface area contributed by atoms with E-state index in [1.807, 2.05) is 18.8 Å². The second-order valence-corrected chi connectivity index (χ2v) is 6.53. The van der Waals surface area contributed by atoms with Gasteiger partial charge in [0.25, 0.3) is 0 Å². The summed E-state index contributed by atoms with van der Waals surface area (Å²) in [6.07, 6.45) is 0.824. The first-order valence-corrected chi connectivity index (χ1v) is 7.50. The van der Waals surface area contributed by atoms with Gasteiger partial charge in [0.05, 0.1) is 0 Å². The molecule has 0 aromatic heterocycles. The molecule has 96 valence electrons. The molecule has 2 atom stereocenters. The van der Waals surface area contributed by atoms with Crippen molar-refractivity contribution in [1.29, 1.82) is 0 Å².